The van der Waals surface area contributed by atoms with Gasteiger partial charge >= 0.3 is 0 Å². The van der Waals surface area contributed by atoms with E-state index in [0.717, 1.165) is 11.8 Å². The van der Waals surface area contributed by atoms with Gasteiger partial charge in [-0.2, -0.15) is 0 Å². The van der Waals surface area contributed by atoms with Crippen molar-refractivity contribution < 1.29 is 18.3 Å². The Morgan fingerprint density at radius 1 is 1.20 bits per heavy atom. The smallest absolute Gasteiger partial charge is 0.254 e. The number of hydrogen-bond donors (Lipinski definition) is 3. The second-order valence-corrected chi connectivity index (χ2v) is 7.06. The van der Waals surface area contributed by atoms with Crippen LogP contribution in [0.5, 0.6) is 5.75 Å². The van der Waals surface area contributed by atoms with Crippen LogP contribution in [0.2, 0.25) is 0 Å². The Hall–Kier alpha value is -3.62. The molecule has 156 valence electrons. The maximum Gasteiger partial charge on any atom is 0.254 e. The van der Waals surface area contributed by atoms with E-state index in [1.165, 1.54) is 7.11 Å². The van der Waals surface area contributed by atoms with Crippen molar-refractivity contribution >= 4 is 23.0 Å². The zero-order valence-electron chi connectivity index (χ0n) is 16.6. The molecule has 8 nitrogen and oxygen atoms in total. The number of furan rings is 1. The average Bonchev–Trinajstić information content (AvgIpc) is 3.34. The number of hydrogen-bond acceptors (Lipinski definition) is 7. The molecular formula is C21H20FN3O5. The quantitative estimate of drug-likeness (QED) is 0.511. The maximum absolute atomic E-state index is 14.3. The van der Waals surface area contributed by atoms with Crippen molar-refractivity contribution in [1.82, 2.24) is 5.32 Å². The summed E-state index contributed by atoms with van der Waals surface area (Å²) >= 11 is 0. The number of benzene rings is 1. The molecule has 3 N–H and O–H groups in total. The molecule has 0 saturated heterocycles. The summed E-state index contributed by atoms with van der Waals surface area (Å²) < 4.78 is 25.1. The number of fused-ring (bicyclic) bond motifs is 1. The number of rotatable bonds is 7. The predicted molar refractivity (Wildman–Crippen MR) is 109 cm³/mol. The lowest BCUT2D eigenvalue weighted by atomic mass is 10.0. The third-order valence-corrected chi connectivity index (χ3v) is 5.21. The van der Waals surface area contributed by atoms with E-state index in [2.05, 4.69) is 16.0 Å². The predicted octanol–water partition coefficient (Wildman–Crippen LogP) is 2.88. The van der Waals surface area contributed by atoms with Crippen molar-refractivity contribution in [3.05, 3.63) is 67.1 Å². The summed E-state index contributed by atoms with van der Waals surface area (Å²) in [5.74, 6) is 0.333. The van der Waals surface area contributed by atoms with Crippen LogP contribution in [0, 0.1) is 12.7 Å². The van der Waals surface area contributed by atoms with Crippen LogP contribution in [0.3, 0.4) is 0 Å². The number of aryl methyl sites for hydroxylation is 1. The van der Waals surface area contributed by atoms with E-state index in [1.54, 1.807) is 6.07 Å². The van der Waals surface area contributed by atoms with Crippen LogP contribution < -0.4 is 31.5 Å². The van der Waals surface area contributed by atoms with Gasteiger partial charge in [-0.05, 0) is 25.5 Å². The number of anilines is 3. The fourth-order valence-electron chi connectivity index (χ4n) is 3.60. The van der Waals surface area contributed by atoms with Gasteiger partial charge in [0.1, 0.15) is 34.5 Å². The first-order valence-corrected chi connectivity index (χ1v) is 9.46. The highest BCUT2D eigenvalue weighted by molar-refractivity contribution is 6.06. The summed E-state index contributed by atoms with van der Waals surface area (Å²) in [7, 11) is 1.33. The second-order valence-electron chi connectivity index (χ2n) is 7.06. The molecule has 9 heteroatoms. The molecule has 0 radical (unpaired) electrons. The van der Waals surface area contributed by atoms with Crippen LogP contribution in [0.25, 0.3) is 0 Å². The van der Waals surface area contributed by atoms with Crippen molar-refractivity contribution in [3.63, 3.8) is 0 Å². The fraction of sp³-hybridized carbons (Fsp3) is 0.286. The van der Waals surface area contributed by atoms with Crippen molar-refractivity contribution in [2.75, 3.05) is 17.7 Å². The summed E-state index contributed by atoms with van der Waals surface area (Å²) in [5, 5.41) is 8.44. The first-order chi connectivity index (χ1) is 14.3. The van der Waals surface area contributed by atoms with Crippen LogP contribution in [0.15, 0.2) is 32.2 Å². The molecule has 2 heterocycles. The van der Waals surface area contributed by atoms with Gasteiger partial charge in [0.05, 0.1) is 24.4 Å². The molecule has 0 fully saturated rings. The van der Waals surface area contributed by atoms with Gasteiger partial charge in [0, 0.05) is 18.2 Å². The molecule has 1 aliphatic rings. The summed E-state index contributed by atoms with van der Waals surface area (Å²) in [6.07, 6.45) is 0.600. The Morgan fingerprint density at radius 2 is 1.93 bits per heavy atom. The normalized spacial score (nSPS) is 13.8. The summed E-state index contributed by atoms with van der Waals surface area (Å²) in [4.78, 5) is 36.8. The molecule has 4 rings (SSSR count). The molecule has 2 aromatic carbocycles. The van der Waals surface area contributed by atoms with Crippen LogP contribution >= 0.6 is 0 Å². The van der Waals surface area contributed by atoms with Crippen LogP contribution in [0.1, 0.15) is 46.8 Å². The number of amides is 1. The Labute approximate surface area is 170 Å². The Morgan fingerprint density at radius 3 is 2.57 bits per heavy atom. The van der Waals surface area contributed by atoms with Gasteiger partial charge in [0.2, 0.25) is 0 Å². The van der Waals surface area contributed by atoms with E-state index in [9.17, 15) is 18.8 Å². The molecular weight excluding hydrogens is 393 g/mol. The van der Waals surface area contributed by atoms with Gasteiger partial charge < -0.3 is 25.1 Å². The average molecular weight is 413 g/mol. The summed E-state index contributed by atoms with van der Waals surface area (Å²) in [6.45, 7) is 3.76. The lowest BCUT2D eigenvalue weighted by molar-refractivity contribution is 0.0966. The first kappa shape index (κ1) is 19.7. The standard InChI is InChI=1S/C21H20FN3O5/c1-4-12(13-6-5-9(2)30-13)24-17-18(20(27)19(17)26)25-16-14(29-3)7-11(22)10-8-23-21(28)15(10)16/h5-7,12,24-25H,4,8H2,1-3H3,(H,23,28)/t12-/m1/s1. The SMILES string of the molecule is CC[C@@H](Nc1c(Nc2c(OC)cc(F)c3c2C(=O)NC3)c(=O)c1=O)c1ccc(C)o1. The molecule has 1 aliphatic heterocycles. The number of carbonyl (C=O) groups excluding carboxylic acids is 1. The molecule has 0 bridgehead atoms. The Kier molecular flexibility index (Phi) is 4.81. The van der Waals surface area contributed by atoms with Crippen molar-refractivity contribution in [3.8, 4) is 5.75 Å². The van der Waals surface area contributed by atoms with Crippen LogP contribution in [-0.2, 0) is 6.54 Å². The minimum absolute atomic E-state index is 0.00598. The highest BCUT2D eigenvalue weighted by Crippen LogP contribution is 2.38. The lowest BCUT2D eigenvalue weighted by Crippen LogP contribution is -2.37. The molecule has 0 aliphatic carbocycles. The van der Waals surface area contributed by atoms with Crippen LogP contribution in [-0.4, -0.2) is 13.0 Å². The molecule has 1 aromatic heterocycles. The number of methoxy groups -OCH3 is 1. The third-order valence-electron chi connectivity index (χ3n) is 5.21. The molecule has 0 unspecified atom stereocenters. The summed E-state index contributed by atoms with van der Waals surface area (Å²) in [6, 6.07) is 4.42. The molecule has 1 amide bonds. The van der Waals surface area contributed by atoms with Gasteiger partial charge in [0.25, 0.3) is 16.8 Å². The first-order valence-electron chi connectivity index (χ1n) is 9.46. The number of nitrogens with one attached hydrogen (secondary N) is 3. The largest absolute Gasteiger partial charge is 0.494 e. The minimum Gasteiger partial charge on any atom is -0.494 e. The van der Waals surface area contributed by atoms with Gasteiger partial charge in [-0.15, -0.1) is 0 Å². The third kappa shape index (κ3) is 3.02. The number of ether oxygens (including phenoxy) is 1. The van der Waals surface area contributed by atoms with Crippen molar-refractivity contribution in [1.29, 1.82) is 0 Å². The van der Waals surface area contributed by atoms with Crippen LogP contribution in [0.4, 0.5) is 21.5 Å². The van der Waals surface area contributed by atoms with Crippen molar-refractivity contribution in [2.24, 2.45) is 0 Å². The molecule has 1 atom stereocenters. The summed E-state index contributed by atoms with van der Waals surface area (Å²) in [5.41, 5.74) is -0.967. The number of carbonyl (C=O) groups is 1. The van der Waals surface area contributed by atoms with Gasteiger partial charge in [-0.3, -0.25) is 14.4 Å². The molecule has 0 saturated carbocycles. The van der Waals surface area contributed by atoms with E-state index in [-0.39, 0.29) is 46.5 Å². The highest BCUT2D eigenvalue weighted by atomic mass is 19.1. The molecule has 30 heavy (non-hydrogen) atoms. The second kappa shape index (κ2) is 7.33. The van der Waals surface area contributed by atoms with E-state index >= 15 is 0 Å². The van der Waals surface area contributed by atoms with E-state index in [1.807, 2.05) is 19.9 Å². The highest BCUT2D eigenvalue weighted by Gasteiger charge is 2.32. The minimum atomic E-state index is -0.735. The molecule has 0 spiro atoms. The molecule has 3 aromatic rings. The maximum atomic E-state index is 14.3. The van der Waals surface area contributed by atoms with Gasteiger partial charge in [-0.25, -0.2) is 4.39 Å². The zero-order chi connectivity index (χ0) is 21.6. The van der Waals surface area contributed by atoms with E-state index < -0.39 is 22.6 Å². The van der Waals surface area contributed by atoms with Crippen molar-refractivity contribution in [2.45, 2.75) is 32.9 Å². The Bertz CT molecular complexity index is 1220. The fourth-order valence-corrected chi connectivity index (χ4v) is 3.60. The van der Waals surface area contributed by atoms with E-state index in [4.69, 9.17) is 9.15 Å². The van der Waals surface area contributed by atoms with E-state index in [0.29, 0.717) is 12.2 Å². The topological polar surface area (TPSA) is 110 Å². The monoisotopic (exact) mass is 413 g/mol. The lowest BCUT2D eigenvalue weighted by Gasteiger charge is -2.21. The Balaban J connectivity index is 1.72. The van der Waals surface area contributed by atoms with Gasteiger partial charge in [0.15, 0.2) is 0 Å². The zero-order valence-corrected chi connectivity index (χ0v) is 16.6. The number of halogens is 1. The van der Waals surface area contributed by atoms with Gasteiger partial charge in [-0.1, -0.05) is 6.92 Å².